The van der Waals surface area contributed by atoms with Crippen molar-refractivity contribution in [3.05, 3.63) is 18.1 Å². The molecule has 0 spiro atoms. The molecule has 1 aliphatic carbocycles. The number of nitrogens with one attached hydrogen (secondary N) is 1. The molecule has 17 heavy (non-hydrogen) atoms. The highest BCUT2D eigenvalue weighted by atomic mass is 15.0. The van der Waals surface area contributed by atoms with Crippen molar-refractivity contribution >= 4 is 5.82 Å². The summed E-state index contributed by atoms with van der Waals surface area (Å²) >= 11 is 0. The molecule has 3 nitrogen and oxygen atoms in total. The first kappa shape index (κ1) is 12.3. The predicted octanol–water partition coefficient (Wildman–Crippen LogP) is 3.56. The topological polar surface area (TPSA) is 37.8 Å². The number of hydrogen-bond donors (Lipinski definition) is 1. The van der Waals surface area contributed by atoms with Gasteiger partial charge in [-0.15, -0.1) is 0 Å². The van der Waals surface area contributed by atoms with Crippen molar-refractivity contribution in [1.29, 1.82) is 0 Å². The Hall–Kier alpha value is -1.12. The van der Waals surface area contributed by atoms with E-state index in [4.69, 9.17) is 0 Å². The summed E-state index contributed by atoms with van der Waals surface area (Å²) in [5.41, 5.74) is 0. The lowest BCUT2D eigenvalue weighted by molar-refractivity contribution is 0.318. The van der Waals surface area contributed by atoms with E-state index in [1.807, 2.05) is 19.2 Å². The lowest BCUT2D eigenvalue weighted by Gasteiger charge is -2.29. The maximum absolute atomic E-state index is 4.40. The molecule has 0 bridgehead atoms. The summed E-state index contributed by atoms with van der Waals surface area (Å²) in [6.07, 6.45) is 9.87. The summed E-state index contributed by atoms with van der Waals surface area (Å²) in [4.78, 5) is 8.52. The van der Waals surface area contributed by atoms with Crippen molar-refractivity contribution in [2.24, 2.45) is 5.92 Å². The Bertz CT molecular complexity index is 343. The maximum atomic E-state index is 4.40. The molecule has 94 valence electrons. The Morgan fingerprint density at radius 3 is 2.71 bits per heavy atom. The predicted molar refractivity (Wildman–Crippen MR) is 71.0 cm³/mol. The third kappa shape index (κ3) is 3.69. The van der Waals surface area contributed by atoms with E-state index in [1.165, 1.54) is 38.5 Å². The average Bonchev–Trinajstić information content (AvgIpc) is 2.32. The second-order valence-electron chi connectivity index (χ2n) is 5.14. The van der Waals surface area contributed by atoms with Crippen LogP contribution < -0.4 is 5.32 Å². The first-order valence-corrected chi connectivity index (χ1v) is 6.84. The van der Waals surface area contributed by atoms with E-state index in [1.54, 1.807) is 0 Å². The van der Waals surface area contributed by atoms with Crippen LogP contribution in [0, 0.1) is 12.8 Å². The highest BCUT2D eigenvalue weighted by Gasteiger charge is 2.20. The van der Waals surface area contributed by atoms with Crippen LogP contribution in [-0.2, 0) is 0 Å². The van der Waals surface area contributed by atoms with Crippen molar-refractivity contribution in [3.63, 3.8) is 0 Å². The second-order valence-corrected chi connectivity index (χ2v) is 5.14. The van der Waals surface area contributed by atoms with Gasteiger partial charge in [-0.2, -0.15) is 0 Å². The summed E-state index contributed by atoms with van der Waals surface area (Å²) in [7, 11) is 0. The fourth-order valence-electron chi connectivity index (χ4n) is 2.75. The van der Waals surface area contributed by atoms with Gasteiger partial charge in [0.05, 0.1) is 0 Å². The van der Waals surface area contributed by atoms with Gasteiger partial charge in [-0.1, -0.05) is 19.8 Å². The highest BCUT2D eigenvalue weighted by Crippen LogP contribution is 2.29. The molecule has 0 unspecified atom stereocenters. The van der Waals surface area contributed by atoms with E-state index < -0.39 is 0 Å². The molecule has 1 heterocycles. The lowest BCUT2D eigenvalue weighted by Crippen LogP contribution is -2.26. The zero-order chi connectivity index (χ0) is 12.1. The number of nitrogens with zero attached hydrogens (tertiary/aromatic N) is 2. The van der Waals surface area contributed by atoms with Crippen LogP contribution in [0.25, 0.3) is 0 Å². The zero-order valence-corrected chi connectivity index (χ0v) is 10.9. The molecule has 1 aliphatic rings. The second kappa shape index (κ2) is 5.99. The van der Waals surface area contributed by atoms with Gasteiger partial charge < -0.3 is 5.32 Å². The molecule has 1 fully saturated rings. The van der Waals surface area contributed by atoms with Crippen molar-refractivity contribution in [1.82, 2.24) is 9.97 Å². The number of aryl methyl sites for hydroxylation is 1. The summed E-state index contributed by atoms with van der Waals surface area (Å²) in [6.45, 7) is 4.22. The molecule has 3 heteroatoms. The Labute approximate surface area is 104 Å². The maximum Gasteiger partial charge on any atom is 0.129 e. The zero-order valence-electron chi connectivity index (χ0n) is 10.9. The molecule has 1 aromatic rings. The van der Waals surface area contributed by atoms with Crippen LogP contribution in [-0.4, -0.2) is 16.0 Å². The molecule has 0 saturated heterocycles. The molecular formula is C14H23N3. The Kier molecular flexibility index (Phi) is 4.35. The van der Waals surface area contributed by atoms with E-state index in [-0.39, 0.29) is 0 Å². The molecule has 0 amide bonds. The smallest absolute Gasteiger partial charge is 0.129 e. The normalized spacial score (nSPS) is 24.6. The first-order valence-electron chi connectivity index (χ1n) is 6.84. The van der Waals surface area contributed by atoms with E-state index in [0.717, 1.165) is 17.6 Å². The lowest BCUT2D eigenvalue weighted by atomic mass is 9.83. The molecule has 1 aromatic heterocycles. The van der Waals surface area contributed by atoms with Crippen LogP contribution in [0.3, 0.4) is 0 Å². The molecule has 2 rings (SSSR count). The van der Waals surface area contributed by atoms with Gasteiger partial charge in [0.25, 0.3) is 0 Å². The van der Waals surface area contributed by atoms with Crippen LogP contribution in [0.2, 0.25) is 0 Å². The van der Waals surface area contributed by atoms with Gasteiger partial charge in [0, 0.05) is 12.2 Å². The molecule has 1 saturated carbocycles. The van der Waals surface area contributed by atoms with Gasteiger partial charge in [0.2, 0.25) is 0 Å². The van der Waals surface area contributed by atoms with Gasteiger partial charge in [0.15, 0.2) is 0 Å². The standard InChI is InChI=1S/C14H23N3/c1-3-4-12-5-7-13(8-6-12)17-14-9-10-15-11(2)16-14/h9-10,12-13H,3-8H2,1-2H3,(H,15,16,17). The first-order chi connectivity index (χ1) is 8.28. The van der Waals surface area contributed by atoms with Crippen molar-refractivity contribution < 1.29 is 0 Å². The minimum Gasteiger partial charge on any atom is -0.367 e. The van der Waals surface area contributed by atoms with Crippen molar-refractivity contribution in [2.75, 3.05) is 5.32 Å². The number of anilines is 1. The van der Waals surface area contributed by atoms with Gasteiger partial charge in [0.1, 0.15) is 11.6 Å². The number of rotatable bonds is 4. The molecule has 1 N–H and O–H groups in total. The van der Waals surface area contributed by atoms with Crippen LogP contribution in [0.1, 0.15) is 51.3 Å². The van der Waals surface area contributed by atoms with Gasteiger partial charge in [-0.05, 0) is 44.6 Å². The third-order valence-corrected chi connectivity index (χ3v) is 3.67. The third-order valence-electron chi connectivity index (χ3n) is 3.67. The van der Waals surface area contributed by atoms with Crippen molar-refractivity contribution in [3.8, 4) is 0 Å². The molecule has 0 aromatic carbocycles. The van der Waals surface area contributed by atoms with E-state index in [2.05, 4.69) is 22.2 Å². The monoisotopic (exact) mass is 233 g/mol. The minimum atomic E-state index is 0.609. The molecular weight excluding hydrogens is 210 g/mol. The molecule has 0 radical (unpaired) electrons. The minimum absolute atomic E-state index is 0.609. The van der Waals surface area contributed by atoms with Crippen molar-refractivity contribution in [2.45, 2.75) is 58.4 Å². The Balaban J connectivity index is 1.82. The Morgan fingerprint density at radius 1 is 1.29 bits per heavy atom. The molecule has 0 aliphatic heterocycles. The summed E-state index contributed by atoms with van der Waals surface area (Å²) in [6, 6.07) is 2.57. The van der Waals surface area contributed by atoms with Crippen LogP contribution in [0.15, 0.2) is 12.3 Å². The van der Waals surface area contributed by atoms with E-state index in [9.17, 15) is 0 Å². The fourth-order valence-corrected chi connectivity index (χ4v) is 2.75. The van der Waals surface area contributed by atoms with Gasteiger partial charge in [-0.25, -0.2) is 9.97 Å². The summed E-state index contributed by atoms with van der Waals surface area (Å²) < 4.78 is 0. The largest absolute Gasteiger partial charge is 0.367 e. The number of hydrogen-bond acceptors (Lipinski definition) is 3. The Morgan fingerprint density at radius 2 is 2.06 bits per heavy atom. The quantitative estimate of drug-likeness (QED) is 0.864. The van der Waals surface area contributed by atoms with Gasteiger partial charge >= 0.3 is 0 Å². The highest BCUT2D eigenvalue weighted by molar-refractivity contribution is 5.34. The van der Waals surface area contributed by atoms with E-state index >= 15 is 0 Å². The van der Waals surface area contributed by atoms with Crippen LogP contribution in [0.4, 0.5) is 5.82 Å². The van der Waals surface area contributed by atoms with Gasteiger partial charge in [-0.3, -0.25) is 0 Å². The fraction of sp³-hybridized carbons (Fsp3) is 0.714. The summed E-state index contributed by atoms with van der Waals surface area (Å²) in [5.74, 6) is 2.79. The number of aromatic nitrogens is 2. The SMILES string of the molecule is CCCC1CCC(Nc2ccnc(C)n2)CC1. The molecule has 0 atom stereocenters. The average molecular weight is 233 g/mol. The summed E-state index contributed by atoms with van der Waals surface area (Å²) in [5, 5.41) is 3.53. The van der Waals surface area contributed by atoms with Crippen LogP contribution >= 0.6 is 0 Å². The van der Waals surface area contributed by atoms with Crippen LogP contribution in [0.5, 0.6) is 0 Å². The van der Waals surface area contributed by atoms with E-state index in [0.29, 0.717) is 6.04 Å².